The molecule has 7 heteroatoms. The molecule has 1 atom stereocenters. The van der Waals surface area contributed by atoms with E-state index in [2.05, 4.69) is 4.84 Å². The number of esters is 1. The first-order valence-electron chi connectivity index (χ1n) is 7.59. The molecule has 0 heterocycles. The lowest BCUT2D eigenvalue weighted by atomic mass is 10.0. The number of hydrogen-bond donors (Lipinski definition) is 0. The first-order chi connectivity index (χ1) is 11.5. The molecule has 7 nitrogen and oxygen atoms in total. The van der Waals surface area contributed by atoms with Gasteiger partial charge in [0.25, 0.3) is 5.09 Å². The fraction of sp³-hybridized carbons (Fsp3) is 0.353. The van der Waals surface area contributed by atoms with Crippen LogP contribution < -0.4 is 4.74 Å². The minimum atomic E-state index is -1.16. The van der Waals surface area contributed by atoms with Crippen molar-refractivity contribution in [1.29, 1.82) is 0 Å². The highest BCUT2D eigenvalue weighted by Gasteiger charge is 2.17. The second kappa shape index (κ2) is 8.14. The van der Waals surface area contributed by atoms with Gasteiger partial charge in [-0.1, -0.05) is 37.6 Å². The van der Waals surface area contributed by atoms with Gasteiger partial charge in [-0.05, 0) is 28.5 Å². The molecule has 0 bridgehead atoms. The van der Waals surface area contributed by atoms with Gasteiger partial charge in [-0.3, -0.25) is 9.63 Å². The van der Waals surface area contributed by atoms with Crippen LogP contribution in [0.4, 0.5) is 0 Å². The van der Waals surface area contributed by atoms with E-state index in [1.807, 2.05) is 43.3 Å². The highest BCUT2D eigenvalue weighted by atomic mass is 17.0. The second-order valence-corrected chi connectivity index (χ2v) is 5.26. The smallest absolute Gasteiger partial charge is 0.312 e. The Labute approximate surface area is 139 Å². The Bertz CT molecular complexity index is 730. The molecule has 0 fully saturated rings. The number of rotatable bonds is 8. The average molecular weight is 333 g/mol. The van der Waals surface area contributed by atoms with Gasteiger partial charge in [0.2, 0.25) is 6.29 Å². The first-order valence-corrected chi connectivity index (χ1v) is 7.59. The largest absolute Gasteiger partial charge is 0.497 e. The maximum absolute atomic E-state index is 12.0. The van der Waals surface area contributed by atoms with Gasteiger partial charge in [0.1, 0.15) is 5.75 Å². The van der Waals surface area contributed by atoms with Crippen LogP contribution in [0.3, 0.4) is 0 Å². The predicted molar refractivity (Wildman–Crippen MR) is 87.1 cm³/mol. The number of carbonyl (C=O) groups excluding carboxylic acids is 1. The van der Waals surface area contributed by atoms with Crippen LogP contribution in [0.2, 0.25) is 0 Å². The van der Waals surface area contributed by atoms with Crippen molar-refractivity contribution in [3.63, 3.8) is 0 Å². The van der Waals surface area contributed by atoms with E-state index in [-0.39, 0.29) is 12.8 Å². The van der Waals surface area contributed by atoms with Crippen molar-refractivity contribution in [2.45, 2.75) is 32.5 Å². The molecule has 0 saturated carbocycles. The number of carbonyl (C=O) groups is 1. The van der Waals surface area contributed by atoms with E-state index in [9.17, 15) is 14.9 Å². The van der Waals surface area contributed by atoms with Crippen molar-refractivity contribution in [3.05, 3.63) is 52.1 Å². The molecule has 0 radical (unpaired) electrons. The van der Waals surface area contributed by atoms with E-state index in [0.717, 1.165) is 22.1 Å². The standard InChI is InChI=1S/C17H19NO6/c1-3-4-17(24-18(20)21)23-16(19)10-12-5-6-14-11-15(22-2)8-7-13(14)9-12/h5-9,11,17H,3-4,10H2,1-2H3. The van der Waals surface area contributed by atoms with Crippen LogP contribution in [-0.2, 0) is 20.8 Å². The van der Waals surface area contributed by atoms with Gasteiger partial charge in [0.15, 0.2) is 0 Å². The van der Waals surface area contributed by atoms with Crippen molar-refractivity contribution in [2.75, 3.05) is 7.11 Å². The summed E-state index contributed by atoms with van der Waals surface area (Å²) < 4.78 is 10.2. The van der Waals surface area contributed by atoms with Gasteiger partial charge < -0.3 is 9.47 Å². The van der Waals surface area contributed by atoms with Gasteiger partial charge in [-0.15, -0.1) is 10.1 Å². The predicted octanol–water partition coefficient (Wildman–Crippen LogP) is 3.27. The van der Waals surface area contributed by atoms with Crippen LogP contribution in [0.25, 0.3) is 10.8 Å². The van der Waals surface area contributed by atoms with Crippen molar-refractivity contribution < 1.29 is 24.2 Å². The summed E-state index contributed by atoms with van der Waals surface area (Å²) in [5, 5.41) is 11.4. The van der Waals surface area contributed by atoms with Crippen molar-refractivity contribution >= 4 is 16.7 Å². The van der Waals surface area contributed by atoms with E-state index in [0.29, 0.717) is 6.42 Å². The Morgan fingerprint density at radius 3 is 2.58 bits per heavy atom. The van der Waals surface area contributed by atoms with E-state index >= 15 is 0 Å². The third kappa shape index (κ3) is 4.84. The van der Waals surface area contributed by atoms with Crippen LogP contribution in [0.5, 0.6) is 5.75 Å². The lowest BCUT2D eigenvalue weighted by Gasteiger charge is -2.15. The molecule has 2 rings (SSSR count). The molecule has 2 aromatic rings. The van der Waals surface area contributed by atoms with Crippen molar-refractivity contribution in [3.8, 4) is 5.75 Å². The summed E-state index contributed by atoms with van der Waals surface area (Å²) in [6, 6.07) is 11.2. The lowest BCUT2D eigenvalue weighted by molar-refractivity contribution is -0.779. The summed E-state index contributed by atoms with van der Waals surface area (Å²) in [6.07, 6.45) is -0.279. The maximum Gasteiger partial charge on any atom is 0.312 e. The van der Waals surface area contributed by atoms with Gasteiger partial charge in [-0.2, -0.15) is 0 Å². The Morgan fingerprint density at radius 1 is 1.21 bits per heavy atom. The Hall–Kier alpha value is -2.83. The normalized spacial score (nSPS) is 11.8. The van der Waals surface area contributed by atoms with E-state index in [1.54, 1.807) is 7.11 Å². The highest BCUT2D eigenvalue weighted by Crippen LogP contribution is 2.22. The second-order valence-electron chi connectivity index (χ2n) is 5.26. The molecular weight excluding hydrogens is 314 g/mol. The summed E-state index contributed by atoms with van der Waals surface area (Å²) >= 11 is 0. The summed E-state index contributed by atoms with van der Waals surface area (Å²) in [7, 11) is 1.60. The molecule has 2 aromatic carbocycles. The number of ether oxygens (including phenoxy) is 2. The van der Waals surface area contributed by atoms with E-state index < -0.39 is 17.3 Å². The fourth-order valence-corrected chi connectivity index (χ4v) is 2.33. The molecule has 0 spiro atoms. The third-order valence-electron chi connectivity index (χ3n) is 3.45. The van der Waals surface area contributed by atoms with Gasteiger partial charge in [0.05, 0.1) is 13.5 Å². The van der Waals surface area contributed by atoms with Crippen LogP contribution in [0, 0.1) is 10.1 Å². The summed E-state index contributed by atoms with van der Waals surface area (Å²) in [5.74, 6) is 0.192. The van der Waals surface area contributed by atoms with Crippen molar-refractivity contribution in [1.82, 2.24) is 0 Å². The van der Waals surface area contributed by atoms with Crippen molar-refractivity contribution in [2.24, 2.45) is 0 Å². The maximum atomic E-state index is 12.0. The summed E-state index contributed by atoms with van der Waals surface area (Å²) in [6.45, 7) is 1.82. The van der Waals surface area contributed by atoms with E-state index in [4.69, 9.17) is 9.47 Å². The van der Waals surface area contributed by atoms with Crippen LogP contribution in [0.1, 0.15) is 25.3 Å². The Morgan fingerprint density at radius 2 is 1.92 bits per heavy atom. The number of hydrogen-bond acceptors (Lipinski definition) is 6. The average Bonchev–Trinajstić information content (AvgIpc) is 2.53. The Kier molecular flexibility index (Phi) is 5.95. The SMILES string of the molecule is CCCC(OC(=O)Cc1ccc2cc(OC)ccc2c1)O[N+](=O)[O-]. The molecule has 0 aliphatic carbocycles. The fourth-order valence-electron chi connectivity index (χ4n) is 2.33. The molecule has 128 valence electrons. The quantitative estimate of drug-likeness (QED) is 0.319. The minimum Gasteiger partial charge on any atom is -0.497 e. The molecule has 24 heavy (non-hydrogen) atoms. The minimum absolute atomic E-state index is 0.0171. The molecule has 1 unspecified atom stereocenters. The third-order valence-corrected chi connectivity index (χ3v) is 3.45. The van der Waals surface area contributed by atoms with Gasteiger partial charge in [-0.25, -0.2) is 0 Å². The topological polar surface area (TPSA) is 87.9 Å². The lowest BCUT2D eigenvalue weighted by Crippen LogP contribution is -2.24. The highest BCUT2D eigenvalue weighted by molar-refractivity contribution is 5.85. The number of fused-ring (bicyclic) bond motifs is 1. The number of nitrogens with zero attached hydrogens (tertiary/aromatic N) is 1. The zero-order valence-electron chi connectivity index (χ0n) is 13.6. The molecule has 0 N–H and O–H groups in total. The molecule has 0 saturated heterocycles. The van der Waals surface area contributed by atoms with Gasteiger partial charge >= 0.3 is 5.97 Å². The first kappa shape index (κ1) is 17.5. The summed E-state index contributed by atoms with van der Waals surface area (Å²) in [4.78, 5) is 26.7. The van der Waals surface area contributed by atoms with Crippen LogP contribution >= 0.6 is 0 Å². The molecule has 0 aliphatic heterocycles. The monoisotopic (exact) mass is 333 g/mol. The number of methoxy groups -OCH3 is 1. The molecule has 0 aromatic heterocycles. The van der Waals surface area contributed by atoms with Gasteiger partial charge in [0, 0.05) is 6.42 Å². The van der Waals surface area contributed by atoms with Crippen LogP contribution in [-0.4, -0.2) is 24.5 Å². The zero-order chi connectivity index (χ0) is 17.5. The summed E-state index contributed by atoms with van der Waals surface area (Å²) in [5.41, 5.74) is 0.758. The van der Waals surface area contributed by atoms with E-state index in [1.165, 1.54) is 0 Å². The van der Waals surface area contributed by atoms with Crippen LogP contribution in [0.15, 0.2) is 36.4 Å². The number of benzene rings is 2. The molecular formula is C17H19NO6. The zero-order valence-corrected chi connectivity index (χ0v) is 13.6. The Balaban J connectivity index is 2.05. The molecule has 0 amide bonds. The molecule has 0 aliphatic rings.